The van der Waals surface area contributed by atoms with Crippen LogP contribution in [0.3, 0.4) is 0 Å². The van der Waals surface area contributed by atoms with E-state index in [0.29, 0.717) is 35.6 Å². The number of carbonyl (C=O) groups is 2. The maximum atomic E-state index is 9.55. The van der Waals surface area contributed by atoms with Gasteiger partial charge in [-0.05, 0) is 74.0 Å². The number of nitrogens with zero attached hydrogens (tertiary/aromatic N) is 2. The van der Waals surface area contributed by atoms with Crippen molar-refractivity contribution in [1.29, 1.82) is 0 Å². The SMILES string of the molecule is Clc1ccc2onc(OCC3CCN(CC4CCCCC4)CC3)c2c1.O=C(O)C=CC(=O)O. The van der Waals surface area contributed by atoms with E-state index in [2.05, 4.69) is 10.1 Å². The number of piperidine rings is 1. The zero-order chi connectivity index (χ0) is 23.6. The van der Waals surface area contributed by atoms with E-state index in [1.807, 2.05) is 12.1 Å². The quantitative estimate of drug-likeness (QED) is 0.542. The van der Waals surface area contributed by atoms with Crippen LogP contribution >= 0.6 is 11.6 Å². The Morgan fingerprint density at radius 1 is 1.06 bits per heavy atom. The minimum atomic E-state index is -1.26. The van der Waals surface area contributed by atoms with Crippen LogP contribution in [0.2, 0.25) is 5.02 Å². The summed E-state index contributed by atoms with van der Waals surface area (Å²) in [7, 11) is 0. The number of hydrogen-bond acceptors (Lipinski definition) is 6. The van der Waals surface area contributed by atoms with Gasteiger partial charge in [-0.15, -0.1) is 0 Å². The van der Waals surface area contributed by atoms with Crippen molar-refractivity contribution in [2.75, 3.05) is 26.2 Å². The van der Waals surface area contributed by atoms with Crippen LogP contribution in [-0.2, 0) is 9.59 Å². The van der Waals surface area contributed by atoms with Gasteiger partial charge in [0.05, 0.1) is 12.0 Å². The molecule has 0 spiro atoms. The molecule has 9 heteroatoms. The minimum absolute atomic E-state index is 0.558. The summed E-state index contributed by atoms with van der Waals surface area (Å²) in [5.74, 6) is -0.400. The van der Waals surface area contributed by atoms with E-state index in [9.17, 15) is 9.59 Å². The van der Waals surface area contributed by atoms with Crippen molar-refractivity contribution in [3.8, 4) is 5.88 Å². The van der Waals surface area contributed by atoms with Gasteiger partial charge in [-0.25, -0.2) is 9.59 Å². The summed E-state index contributed by atoms with van der Waals surface area (Å²) >= 11 is 6.06. The summed E-state index contributed by atoms with van der Waals surface area (Å²) in [5, 5.41) is 21.2. The van der Waals surface area contributed by atoms with Gasteiger partial charge < -0.3 is 24.4 Å². The maximum Gasteiger partial charge on any atom is 0.328 e. The predicted molar refractivity (Wildman–Crippen MR) is 125 cm³/mol. The molecular formula is C24H31ClN2O6. The van der Waals surface area contributed by atoms with E-state index in [1.165, 1.54) is 64.6 Å². The fourth-order valence-corrected chi connectivity index (χ4v) is 4.57. The van der Waals surface area contributed by atoms with E-state index >= 15 is 0 Å². The summed E-state index contributed by atoms with van der Waals surface area (Å²) in [6, 6.07) is 5.50. The maximum absolute atomic E-state index is 9.55. The number of hydrogen-bond donors (Lipinski definition) is 2. The zero-order valence-electron chi connectivity index (χ0n) is 18.6. The van der Waals surface area contributed by atoms with Crippen LogP contribution in [0.25, 0.3) is 11.0 Å². The van der Waals surface area contributed by atoms with Crippen LogP contribution in [0, 0.1) is 11.8 Å². The Labute approximate surface area is 198 Å². The first kappa shape index (κ1) is 25.1. The number of aromatic nitrogens is 1. The molecule has 0 bridgehead atoms. The van der Waals surface area contributed by atoms with Crippen molar-refractivity contribution in [2.45, 2.75) is 44.9 Å². The lowest BCUT2D eigenvalue weighted by molar-refractivity contribution is -0.134. The standard InChI is InChI=1S/C20H27ClN2O2.C4H4O4/c21-17-6-7-19-18(12-17)20(22-25-19)24-14-16-8-10-23(11-9-16)13-15-4-2-1-3-5-15;5-3(6)1-2-4(7)8/h6-7,12,15-16H,1-5,8-11,13-14H2;1-2H,(H,5,6)(H,7,8). The first-order valence-corrected chi connectivity index (χ1v) is 11.8. The Kier molecular flexibility index (Phi) is 9.57. The molecule has 8 nitrogen and oxygen atoms in total. The highest BCUT2D eigenvalue weighted by molar-refractivity contribution is 6.31. The molecule has 33 heavy (non-hydrogen) atoms. The molecule has 2 heterocycles. The number of likely N-dealkylation sites (tertiary alicyclic amines) is 1. The summed E-state index contributed by atoms with van der Waals surface area (Å²) in [4.78, 5) is 21.8. The van der Waals surface area contributed by atoms with Crippen LogP contribution in [0.4, 0.5) is 0 Å². The van der Waals surface area contributed by atoms with E-state index in [4.69, 9.17) is 31.1 Å². The van der Waals surface area contributed by atoms with Gasteiger partial charge in [0.25, 0.3) is 5.88 Å². The van der Waals surface area contributed by atoms with E-state index < -0.39 is 11.9 Å². The van der Waals surface area contributed by atoms with Gasteiger partial charge in [-0.2, -0.15) is 0 Å². The van der Waals surface area contributed by atoms with Gasteiger partial charge in [0.2, 0.25) is 0 Å². The molecule has 4 rings (SSSR count). The van der Waals surface area contributed by atoms with E-state index in [-0.39, 0.29) is 0 Å². The molecule has 1 aliphatic carbocycles. The second kappa shape index (κ2) is 12.6. The zero-order valence-corrected chi connectivity index (χ0v) is 19.4. The van der Waals surface area contributed by atoms with Crippen molar-refractivity contribution in [3.63, 3.8) is 0 Å². The second-order valence-corrected chi connectivity index (χ2v) is 9.13. The molecule has 2 aromatic rings. The molecule has 0 atom stereocenters. The summed E-state index contributed by atoms with van der Waals surface area (Å²) in [6.07, 6.45) is 10.7. The van der Waals surface area contributed by atoms with Crippen LogP contribution in [0.5, 0.6) is 5.88 Å². The highest BCUT2D eigenvalue weighted by atomic mass is 35.5. The van der Waals surface area contributed by atoms with Gasteiger partial charge in [-0.3, -0.25) is 0 Å². The molecule has 2 N–H and O–H groups in total. The van der Waals surface area contributed by atoms with Crippen molar-refractivity contribution in [3.05, 3.63) is 35.4 Å². The molecule has 1 aromatic heterocycles. The van der Waals surface area contributed by atoms with E-state index in [0.717, 1.165) is 16.9 Å². The largest absolute Gasteiger partial charge is 0.478 e. The van der Waals surface area contributed by atoms with Crippen LogP contribution < -0.4 is 4.74 Å². The second-order valence-electron chi connectivity index (χ2n) is 8.70. The topological polar surface area (TPSA) is 113 Å². The van der Waals surface area contributed by atoms with Gasteiger partial charge in [-0.1, -0.05) is 30.9 Å². The molecule has 1 aromatic carbocycles. The predicted octanol–water partition coefficient (Wildman–Crippen LogP) is 4.86. The van der Waals surface area contributed by atoms with Crippen molar-refractivity contribution < 1.29 is 29.1 Å². The number of halogens is 1. The summed E-state index contributed by atoms with van der Waals surface area (Å²) in [6.45, 7) is 4.43. The Morgan fingerprint density at radius 2 is 1.73 bits per heavy atom. The molecule has 1 aliphatic heterocycles. The number of benzene rings is 1. The van der Waals surface area contributed by atoms with Gasteiger partial charge >= 0.3 is 11.9 Å². The number of aliphatic carboxylic acids is 2. The molecule has 1 saturated carbocycles. The number of ether oxygens (including phenoxy) is 1. The molecule has 2 fully saturated rings. The van der Waals surface area contributed by atoms with Crippen molar-refractivity contribution in [1.82, 2.24) is 10.1 Å². The van der Waals surface area contributed by atoms with Crippen LogP contribution in [0.1, 0.15) is 44.9 Å². The highest BCUT2D eigenvalue weighted by Crippen LogP contribution is 2.29. The van der Waals surface area contributed by atoms with Crippen LogP contribution in [-0.4, -0.2) is 58.4 Å². The molecule has 180 valence electrons. The normalized spacial score (nSPS) is 18.2. The average Bonchev–Trinajstić information content (AvgIpc) is 3.20. The number of rotatable bonds is 7. The lowest BCUT2D eigenvalue weighted by atomic mass is 9.88. The third-order valence-electron chi connectivity index (χ3n) is 6.17. The van der Waals surface area contributed by atoms with Gasteiger partial charge in [0, 0.05) is 23.7 Å². The third-order valence-corrected chi connectivity index (χ3v) is 6.41. The third kappa shape index (κ3) is 8.37. The molecule has 0 radical (unpaired) electrons. The van der Waals surface area contributed by atoms with Gasteiger partial charge in [0.15, 0.2) is 5.58 Å². The number of carboxylic acids is 2. The molecule has 1 saturated heterocycles. The first-order chi connectivity index (χ1) is 15.9. The van der Waals surface area contributed by atoms with Crippen LogP contribution in [0.15, 0.2) is 34.9 Å². The lowest BCUT2D eigenvalue weighted by Gasteiger charge is -2.35. The Hall–Kier alpha value is -2.58. The van der Waals surface area contributed by atoms with E-state index in [1.54, 1.807) is 6.07 Å². The Morgan fingerprint density at radius 3 is 2.36 bits per heavy atom. The lowest BCUT2D eigenvalue weighted by Crippen LogP contribution is -2.38. The molecule has 0 amide bonds. The van der Waals surface area contributed by atoms with Gasteiger partial charge in [0.1, 0.15) is 0 Å². The summed E-state index contributed by atoms with van der Waals surface area (Å²) < 4.78 is 11.3. The highest BCUT2D eigenvalue weighted by Gasteiger charge is 2.23. The smallest absolute Gasteiger partial charge is 0.328 e. The fourth-order valence-electron chi connectivity index (χ4n) is 4.40. The Balaban J connectivity index is 0.000000331. The monoisotopic (exact) mass is 478 g/mol. The van der Waals surface area contributed by atoms with Crippen molar-refractivity contribution >= 4 is 34.5 Å². The first-order valence-electron chi connectivity index (χ1n) is 11.4. The number of fused-ring (bicyclic) bond motifs is 1. The minimum Gasteiger partial charge on any atom is -0.478 e. The van der Waals surface area contributed by atoms with Crippen molar-refractivity contribution in [2.24, 2.45) is 11.8 Å². The summed E-state index contributed by atoms with van der Waals surface area (Å²) in [5.41, 5.74) is 0.724. The number of carboxylic acid groups (broad SMARTS) is 2. The fraction of sp³-hybridized carbons (Fsp3) is 0.542. The Bertz CT molecular complexity index is 930. The molecule has 0 unspecified atom stereocenters. The average molecular weight is 479 g/mol. The molecule has 2 aliphatic rings. The molecular weight excluding hydrogens is 448 g/mol.